The first kappa shape index (κ1) is 12.4. The molecule has 1 unspecified atom stereocenters. The monoisotopic (exact) mass is 205 g/mol. The number of aliphatic hydroxyl groups is 1. The minimum absolute atomic E-state index is 0. The van der Waals surface area contributed by atoms with Crippen molar-refractivity contribution in [1.29, 1.82) is 0 Å². The lowest BCUT2D eigenvalue weighted by Crippen LogP contribution is -2.11. The first-order valence-electron chi connectivity index (χ1n) is 3.86. The van der Waals surface area contributed by atoms with Crippen molar-refractivity contribution in [3.63, 3.8) is 0 Å². The van der Waals surface area contributed by atoms with Crippen LogP contribution in [-0.4, -0.2) is 11.7 Å². The quantitative estimate of drug-likeness (QED) is 0.788. The molecular weight excluding hydrogens is 193 g/mol. The molecule has 0 saturated carbocycles. The van der Waals surface area contributed by atoms with E-state index in [1.54, 1.807) is 12.1 Å². The van der Waals surface area contributed by atoms with Gasteiger partial charge in [0.25, 0.3) is 0 Å². The predicted molar refractivity (Wildman–Crippen MR) is 52.3 cm³/mol. The van der Waals surface area contributed by atoms with Gasteiger partial charge in [-0.05, 0) is 24.1 Å². The molecule has 0 aromatic heterocycles. The Morgan fingerprint density at radius 3 is 2.31 bits per heavy atom. The van der Waals surface area contributed by atoms with Gasteiger partial charge in [-0.1, -0.05) is 12.1 Å². The van der Waals surface area contributed by atoms with E-state index in [0.717, 1.165) is 5.56 Å². The van der Waals surface area contributed by atoms with Crippen molar-refractivity contribution < 1.29 is 9.50 Å². The van der Waals surface area contributed by atoms with Gasteiger partial charge in [0.05, 0.1) is 0 Å². The maximum atomic E-state index is 12.4. The van der Waals surface area contributed by atoms with Crippen LogP contribution in [0.15, 0.2) is 24.3 Å². The fraction of sp³-hybridized carbons (Fsp3) is 0.333. The lowest BCUT2D eigenvalue weighted by molar-refractivity contribution is 0.276. The molecule has 0 fully saturated rings. The van der Waals surface area contributed by atoms with E-state index in [2.05, 4.69) is 0 Å². The summed E-state index contributed by atoms with van der Waals surface area (Å²) in [5.41, 5.74) is 6.53. The number of nitrogens with two attached hydrogens (primary N) is 1. The second-order valence-corrected chi connectivity index (χ2v) is 2.67. The second-order valence-electron chi connectivity index (χ2n) is 2.67. The molecule has 0 aliphatic carbocycles. The standard InChI is InChI=1S/C9H12FNO.ClH/c10-8-3-1-7(2-4-8)9(11)5-6-12;/h1-4,9,12H,5-6,11H2;1H. The molecule has 0 saturated heterocycles. The average Bonchev–Trinajstić information content (AvgIpc) is 2.06. The number of hydrogen-bond acceptors (Lipinski definition) is 2. The lowest BCUT2D eigenvalue weighted by Gasteiger charge is -2.09. The Kier molecular flexibility index (Phi) is 5.62. The molecule has 0 aliphatic heterocycles. The Balaban J connectivity index is 0.00000144. The fourth-order valence-corrected chi connectivity index (χ4v) is 1.02. The minimum atomic E-state index is -0.269. The number of rotatable bonds is 3. The van der Waals surface area contributed by atoms with E-state index >= 15 is 0 Å². The van der Waals surface area contributed by atoms with Crippen molar-refractivity contribution in [2.45, 2.75) is 12.5 Å². The second kappa shape index (κ2) is 5.91. The molecule has 0 amide bonds. The zero-order chi connectivity index (χ0) is 8.97. The van der Waals surface area contributed by atoms with Gasteiger partial charge in [-0.3, -0.25) is 0 Å². The summed E-state index contributed by atoms with van der Waals surface area (Å²) in [4.78, 5) is 0. The first-order chi connectivity index (χ1) is 5.74. The summed E-state index contributed by atoms with van der Waals surface area (Å²) in [6, 6.07) is 5.81. The zero-order valence-electron chi connectivity index (χ0n) is 7.11. The van der Waals surface area contributed by atoms with Gasteiger partial charge in [-0.15, -0.1) is 12.4 Å². The molecule has 0 heterocycles. The van der Waals surface area contributed by atoms with Crippen LogP contribution in [0.2, 0.25) is 0 Å². The van der Waals surface area contributed by atoms with E-state index in [1.165, 1.54) is 12.1 Å². The van der Waals surface area contributed by atoms with Crippen LogP contribution in [0, 0.1) is 5.82 Å². The molecule has 1 rings (SSSR count). The van der Waals surface area contributed by atoms with Crippen molar-refractivity contribution in [3.8, 4) is 0 Å². The summed E-state index contributed by atoms with van der Waals surface area (Å²) in [5.74, 6) is -0.269. The van der Waals surface area contributed by atoms with Crippen LogP contribution in [0.3, 0.4) is 0 Å². The lowest BCUT2D eigenvalue weighted by atomic mass is 10.1. The van der Waals surface area contributed by atoms with E-state index in [0.29, 0.717) is 6.42 Å². The summed E-state index contributed by atoms with van der Waals surface area (Å²) in [6.45, 7) is 0.0541. The Bertz CT molecular complexity index is 240. The highest BCUT2D eigenvalue weighted by Gasteiger charge is 2.03. The molecular formula is C9H13ClFNO. The Morgan fingerprint density at radius 1 is 1.31 bits per heavy atom. The van der Waals surface area contributed by atoms with Crippen molar-refractivity contribution in [2.75, 3.05) is 6.61 Å². The van der Waals surface area contributed by atoms with Gasteiger partial charge in [-0.25, -0.2) is 4.39 Å². The molecule has 0 aliphatic rings. The number of benzene rings is 1. The van der Waals surface area contributed by atoms with Gasteiger partial charge in [0.2, 0.25) is 0 Å². The highest BCUT2D eigenvalue weighted by molar-refractivity contribution is 5.85. The van der Waals surface area contributed by atoms with Crippen LogP contribution >= 0.6 is 12.4 Å². The third-order valence-corrected chi connectivity index (χ3v) is 1.74. The largest absolute Gasteiger partial charge is 0.396 e. The maximum absolute atomic E-state index is 12.4. The van der Waals surface area contributed by atoms with Crippen molar-refractivity contribution in [3.05, 3.63) is 35.6 Å². The van der Waals surface area contributed by atoms with Gasteiger partial charge in [-0.2, -0.15) is 0 Å². The summed E-state index contributed by atoms with van der Waals surface area (Å²) in [5, 5.41) is 8.60. The summed E-state index contributed by atoms with van der Waals surface area (Å²) >= 11 is 0. The van der Waals surface area contributed by atoms with Gasteiger partial charge in [0.15, 0.2) is 0 Å². The van der Waals surface area contributed by atoms with Gasteiger partial charge in [0.1, 0.15) is 5.82 Å². The van der Waals surface area contributed by atoms with Crippen LogP contribution < -0.4 is 5.73 Å². The van der Waals surface area contributed by atoms with E-state index in [4.69, 9.17) is 10.8 Å². The van der Waals surface area contributed by atoms with E-state index in [1.807, 2.05) is 0 Å². The van der Waals surface area contributed by atoms with E-state index in [9.17, 15) is 4.39 Å². The highest BCUT2D eigenvalue weighted by atomic mass is 35.5. The van der Waals surface area contributed by atoms with Gasteiger partial charge in [0, 0.05) is 12.6 Å². The molecule has 3 N–H and O–H groups in total. The van der Waals surface area contributed by atoms with E-state index in [-0.39, 0.29) is 30.9 Å². The van der Waals surface area contributed by atoms with Crippen LogP contribution in [0.25, 0.3) is 0 Å². The molecule has 13 heavy (non-hydrogen) atoms. The molecule has 1 atom stereocenters. The Hall–Kier alpha value is -0.640. The number of hydrogen-bond donors (Lipinski definition) is 2. The van der Waals surface area contributed by atoms with Crippen molar-refractivity contribution in [1.82, 2.24) is 0 Å². The summed E-state index contributed by atoms with van der Waals surface area (Å²) in [7, 11) is 0. The molecule has 74 valence electrons. The van der Waals surface area contributed by atoms with Crippen LogP contribution in [0.5, 0.6) is 0 Å². The minimum Gasteiger partial charge on any atom is -0.396 e. The molecule has 1 aromatic carbocycles. The average molecular weight is 206 g/mol. The molecule has 2 nitrogen and oxygen atoms in total. The van der Waals surface area contributed by atoms with Crippen LogP contribution in [0.1, 0.15) is 18.0 Å². The fourth-order valence-electron chi connectivity index (χ4n) is 1.02. The zero-order valence-corrected chi connectivity index (χ0v) is 7.93. The molecule has 1 aromatic rings. The normalized spacial score (nSPS) is 11.9. The van der Waals surface area contributed by atoms with Crippen LogP contribution in [0.4, 0.5) is 4.39 Å². The summed E-state index contributed by atoms with van der Waals surface area (Å²) < 4.78 is 12.4. The van der Waals surface area contributed by atoms with Crippen molar-refractivity contribution >= 4 is 12.4 Å². The molecule has 0 radical (unpaired) electrons. The smallest absolute Gasteiger partial charge is 0.123 e. The highest BCUT2D eigenvalue weighted by Crippen LogP contribution is 2.13. The number of halogens is 2. The topological polar surface area (TPSA) is 46.2 Å². The molecule has 0 bridgehead atoms. The maximum Gasteiger partial charge on any atom is 0.123 e. The third-order valence-electron chi connectivity index (χ3n) is 1.74. The summed E-state index contributed by atoms with van der Waals surface area (Å²) in [6.07, 6.45) is 0.506. The van der Waals surface area contributed by atoms with Gasteiger partial charge >= 0.3 is 0 Å². The SMILES string of the molecule is Cl.NC(CCO)c1ccc(F)cc1. The Labute approximate surface area is 83.0 Å². The molecule has 0 spiro atoms. The third kappa shape index (κ3) is 3.72. The Morgan fingerprint density at radius 2 is 1.85 bits per heavy atom. The van der Waals surface area contributed by atoms with E-state index < -0.39 is 0 Å². The molecule has 4 heteroatoms. The first-order valence-corrected chi connectivity index (χ1v) is 3.86. The van der Waals surface area contributed by atoms with Crippen molar-refractivity contribution in [2.24, 2.45) is 5.73 Å². The number of aliphatic hydroxyl groups excluding tert-OH is 1. The van der Waals surface area contributed by atoms with Crippen LogP contribution in [-0.2, 0) is 0 Å². The predicted octanol–water partition coefficient (Wildman–Crippen LogP) is 1.63. The van der Waals surface area contributed by atoms with Gasteiger partial charge < -0.3 is 10.8 Å².